The molecule has 3 rings (SSSR count). The van der Waals surface area contributed by atoms with Crippen molar-refractivity contribution in [1.29, 1.82) is 0 Å². The fourth-order valence-electron chi connectivity index (χ4n) is 2.33. The number of fused-ring (bicyclic) bond motifs is 1. The molecule has 108 valence electrons. The summed E-state index contributed by atoms with van der Waals surface area (Å²) in [5.74, 6) is 0.713. The van der Waals surface area contributed by atoms with E-state index in [2.05, 4.69) is 5.32 Å². The average molecular weight is 303 g/mol. The Morgan fingerprint density at radius 1 is 1.24 bits per heavy atom. The number of nitrogens with one attached hydrogen (secondary N) is 1. The number of hydrogen-bond acceptors (Lipinski definition) is 2. The molecule has 4 nitrogen and oxygen atoms in total. The van der Waals surface area contributed by atoms with Gasteiger partial charge in [-0.25, -0.2) is 4.79 Å². The predicted molar refractivity (Wildman–Crippen MR) is 84.3 cm³/mol. The van der Waals surface area contributed by atoms with Gasteiger partial charge in [-0.15, -0.1) is 0 Å². The highest BCUT2D eigenvalue weighted by atomic mass is 35.5. The van der Waals surface area contributed by atoms with Crippen molar-refractivity contribution < 1.29 is 9.53 Å². The molecule has 0 bridgehead atoms. The minimum Gasteiger partial charge on any atom is -0.487 e. The van der Waals surface area contributed by atoms with E-state index in [1.807, 2.05) is 43.3 Å². The van der Waals surface area contributed by atoms with Crippen LogP contribution in [0.4, 0.5) is 16.2 Å². The van der Waals surface area contributed by atoms with Gasteiger partial charge < -0.3 is 10.1 Å². The van der Waals surface area contributed by atoms with Crippen LogP contribution in [0.2, 0.25) is 5.02 Å². The van der Waals surface area contributed by atoms with Crippen LogP contribution in [-0.2, 0) is 0 Å². The van der Waals surface area contributed by atoms with Gasteiger partial charge in [0.1, 0.15) is 11.9 Å². The van der Waals surface area contributed by atoms with E-state index in [4.69, 9.17) is 16.3 Å². The molecule has 2 aromatic carbocycles. The summed E-state index contributed by atoms with van der Waals surface area (Å²) in [5, 5.41) is 3.36. The lowest BCUT2D eigenvalue weighted by molar-refractivity contribution is 0.208. The number of benzene rings is 2. The van der Waals surface area contributed by atoms with Crippen molar-refractivity contribution in [2.45, 2.75) is 13.0 Å². The Hall–Kier alpha value is -2.20. The number of amides is 2. The molecular weight excluding hydrogens is 288 g/mol. The van der Waals surface area contributed by atoms with Crippen LogP contribution in [0, 0.1) is 0 Å². The van der Waals surface area contributed by atoms with E-state index in [0.717, 1.165) is 5.69 Å². The second-order valence-electron chi connectivity index (χ2n) is 4.92. The van der Waals surface area contributed by atoms with Gasteiger partial charge >= 0.3 is 6.03 Å². The summed E-state index contributed by atoms with van der Waals surface area (Å²) in [4.78, 5) is 14.2. The van der Waals surface area contributed by atoms with Crippen molar-refractivity contribution in [3.63, 3.8) is 0 Å². The number of halogens is 1. The van der Waals surface area contributed by atoms with Crippen LogP contribution >= 0.6 is 11.6 Å². The maximum atomic E-state index is 12.5. The maximum Gasteiger partial charge on any atom is 0.326 e. The van der Waals surface area contributed by atoms with Gasteiger partial charge in [-0.2, -0.15) is 0 Å². The molecule has 5 heteroatoms. The smallest absolute Gasteiger partial charge is 0.326 e. The number of para-hydroxylation sites is 3. The van der Waals surface area contributed by atoms with Crippen LogP contribution in [0.5, 0.6) is 5.75 Å². The minimum atomic E-state index is -0.217. The third kappa shape index (κ3) is 2.81. The Balaban J connectivity index is 1.87. The van der Waals surface area contributed by atoms with Crippen molar-refractivity contribution in [3.8, 4) is 5.75 Å². The van der Waals surface area contributed by atoms with Crippen LogP contribution in [0.15, 0.2) is 48.5 Å². The highest BCUT2D eigenvalue weighted by Gasteiger charge is 2.27. The molecule has 1 aliphatic heterocycles. The molecule has 0 fully saturated rings. The second kappa shape index (κ2) is 5.66. The SMILES string of the molecule is C[C@@H]1CN(C(=O)Nc2ccccc2Cl)c2ccccc2O1. The molecule has 0 aromatic heterocycles. The lowest BCUT2D eigenvalue weighted by Crippen LogP contribution is -2.44. The Labute approximate surface area is 128 Å². The van der Waals surface area contributed by atoms with E-state index in [0.29, 0.717) is 23.0 Å². The third-order valence-electron chi connectivity index (χ3n) is 3.28. The molecule has 0 saturated carbocycles. The first-order valence-electron chi connectivity index (χ1n) is 6.74. The molecule has 0 unspecified atom stereocenters. The summed E-state index contributed by atoms with van der Waals surface area (Å²) in [5.41, 5.74) is 1.36. The summed E-state index contributed by atoms with van der Waals surface area (Å²) < 4.78 is 5.74. The van der Waals surface area contributed by atoms with Gasteiger partial charge in [-0.1, -0.05) is 35.9 Å². The van der Waals surface area contributed by atoms with Gasteiger partial charge in [-0.05, 0) is 31.2 Å². The number of carbonyl (C=O) groups is 1. The van der Waals surface area contributed by atoms with Crippen LogP contribution in [0.3, 0.4) is 0 Å². The van der Waals surface area contributed by atoms with Crippen molar-refractivity contribution in [3.05, 3.63) is 53.6 Å². The number of hydrogen-bond donors (Lipinski definition) is 1. The van der Waals surface area contributed by atoms with E-state index < -0.39 is 0 Å². The van der Waals surface area contributed by atoms with E-state index in [-0.39, 0.29) is 12.1 Å². The third-order valence-corrected chi connectivity index (χ3v) is 3.61. The summed E-state index contributed by atoms with van der Waals surface area (Å²) in [6.45, 7) is 2.43. The lowest BCUT2D eigenvalue weighted by atomic mass is 10.2. The maximum absolute atomic E-state index is 12.5. The first-order chi connectivity index (χ1) is 10.1. The van der Waals surface area contributed by atoms with Crippen LogP contribution in [0.25, 0.3) is 0 Å². The molecule has 2 amide bonds. The minimum absolute atomic E-state index is 0.0584. The summed E-state index contributed by atoms with van der Waals surface area (Å²) >= 11 is 6.08. The standard InChI is InChI=1S/C16H15ClN2O2/c1-11-10-19(14-8-4-5-9-15(14)21-11)16(20)18-13-7-3-2-6-12(13)17/h2-9,11H,10H2,1H3,(H,18,20)/t11-/m1/s1. The predicted octanol–water partition coefficient (Wildman–Crippen LogP) is 4.16. The van der Waals surface area contributed by atoms with Gasteiger partial charge in [0.15, 0.2) is 0 Å². The monoisotopic (exact) mass is 302 g/mol. The van der Waals surface area contributed by atoms with Gasteiger partial charge in [0.2, 0.25) is 0 Å². The molecule has 0 saturated heterocycles. The number of carbonyl (C=O) groups excluding carboxylic acids is 1. The molecule has 1 atom stereocenters. The van der Waals surface area contributed by atoms with Crippen LogP contribution < -0.4 is 15.0 Å². The van der Waals surface area contributed by atoms with Crippen LogP contribution in [0.1, 0.15) is 6.92 Å². The average Bonchev–Trinajstić information content (AvgIpc) is 2.48. The first kappa shape index (κ1) is 13.8. The quantitative estimate of drug-likeness (QED) is 0.859. The zero-order valence-electron chi connectivity index (χ0n) is 11.5. The van der Waals surface area contributed by atoms with E-state index >= 15 is 0 Å². The summed E-state index contributed by atoms with van der Waals surface area (Å²) in [6.07, 6.45) is -0.0584. The lowest BCUT2D eigenvalue weighted by Gasteiger charge is -2.33. The molecule has 2 aromatic rings. The van der Waals surface area contributed by atoms with Crippen molar-refractivity contribution in [2.24, 2.45) is 0 Å². The Kier molecular flexibility index (Phi) is 3.71. The van der Waals surface area contributed by atoms with E-state index in [9.17, 15) is 4.79 Å². The number of ether oxygens (including phenoxy) is 1. The fourth-order valence-corrected chi connectivity index (χ4v) is 2.51. The van der Waals surface area contributed by atoms with Crippen molar-refractivity contribution in [1.82, 2.24) is 0 Å². The molecule has 1 aliphatic rings. The number of anilines is 2. The molecule has 0 radical (unpaired) electrons. The summed E-state index contributed by atoms with van der Waals surface area (Å²) in [7, 11) is 0. The van der Waals surface area contributed by atoms with Crippen LogP contribution in [-0.4, -0.2) is 18.7 Å². The van der Waals surface area contributed by atoms with Gasteiger partial charge in [0.25, 0.3) is 0 Å². The number of nitrogens with zero attached hydrogens (tertiary/aromatic N) is 1. The number of rotatable bonds is 1. The summed E-state index contributed by atoms with van der Waals surface area (Å²) in [6, 6.07) is 14.5. The fraction of sp³-hybridized carbons (Fsp3) is 0.188. The Morgan fingerprint density at radius 3 is 2.76 bits per heavy atom. The highest BCUT2D eigenvalue weighted by molar-refractivity contribution is 6.33. The van der Waals surface area contributed by atoms with Crippen molar-refractivity contribution >= 4 is 29.0 Å². The largest absolute Gasteiger partial charge is 0.487 e. The molecule has 1 heterocycles. The second-order valence-corrected chi connectivity index (χ2v) is 5.32. The molecule has 21 heavy (non-hydrogen) atoms. The number of urea groups is 1. The normalized spacial score (nSPS) is 16.9. The first-order valence-corrected chi connectivity index (χ1v) is 7.11. The van der Waals surface area contributed by atoms with Crippen molar-refractivity contribution in [2.75, 3.05) is 16.8 Å². The zero-order chi connectivity index (χ0) is 14.8. The molecule has 0 aliphatic carbocycles. The Bertz CT molecular complexity index is 675. The van der Waals surface area contributed by atoms with Gasteiger partial charge in [0.05, 0.1) is 22.9 Å². The Morgan fingerprint density at radius 2 is 1.95 bits per heavy atom. The van der Waals surface area contributed by atoms with Gasteiger partial charge in [0, 0.05) is 0 Å². The van der Waals surface area contributed by atoms with Gasteiger partial charge in [-0.3, -0.25) is 4.90 Å². The van der Waals surface area contributed by atoms with E-state index in [1.165, 1.54) is 0 Å². The molecular formula is C16H15ClN2O2. The van der Waals surface area contributed by atoms with E-state index in [1.54, 1.807) is 17.0 Å². The highest BCUT2D eigenvalue weighted by Crippen LogP contribution is 2.33. The zero-order valence-corrected chi connectivity index (χ0v) is 12.3. The molecule has 1 N–H and O–H groups in total. The topological polar surface area (TPSA) is 41.6 Å². The molecule has 0 spiro atoms.